The van der Waals surface area contributed by atoms with Crippen molar-refractivity contribution in [3.05, 3.63) is 83.9 Å². The zero-order chi connectivity index (χ0) is 23.5. The highest BCUT2D eigenvalue weighted by Gasteiger charge is 2.58. The van der Waals surface area contributed by atoms with Gasteiger partial charge in [0.05, 0.1) is 6.10 Å². The summed E-state index contributed by atoms with van der Waals surface area (Å²) in [4.78, 5) is 0. The van der Waals surface area contributed by atoms with Gasteiger partial charge in [0.1, 0.15) is 0 Å². The molecule has 2 aliphatic carbocycles. The summed E-state index contributed by atoms with van der Waals surface area (Å²) in [5.74, 6) is -0.0000811. The van der Waals surface area contributed by atoms with Gasteiger partial charge in [-0.25, -0.2) is 5.14 Å². The van der Waals surface area contributed by atoms with Gasteiger partial charge in [0, 0.05) is 11.3 Å². The molecule has 2 aromatic carbocycles. The van der Waals surface area contributed by atoms with Gasteiger partial charge < -0.3 is 0 Å². The van der Waals surface area contributed by atoms with Crippen molar-refractivity contribution in [1.82, 2.24) is 0 Å². The molecule has 0 aromatic heterocycles. The van der Waals surface area contributed by atoms with E-state index in [2.05, 4.69) is 49.9 Å². The van der Waals surface area contributed by atoms with Crippen LogP contribution in [0, 0.1) is 11.3 Å². The first-order valence-electron chi connectivity index (χ1n) is 12.1. The van der Waals surface area contributed by atoms with Crippen molar-refractivity contribution in [2.75, 3.05) is 0 Å². The van der Waals surface area contributed by atoms with E-state index in [1.807, 2.05) is 24.3 Å². The largest absolute Gasteiger partial charge is 0.333 e. The first-order valence-corrected chi connectivity index (χ1v) is 13.6. The molecule has 2 aromatic rings. The predicted molar refractivity (Wildman–Crippen MR) is 135 cm³/mol. The van der Waals surface area contributed by atoms with Crippen molar-refractivity contribution in [2.24, 2.45) is 16.5 Å². The van der Waals surface area contributed by atoms with Crippen molar-refractivity contribution >= 4 is 21.5 Å². The van der Waals surface area contributed by atoms with Gasteiger partial charge in [0.2, 0.25) is 0 Å². The summed E-state index contributed by atoms with van der Waals surface area (Å²) in [7, 11) is -4.04. The molecule has 0 heterocycles. The molecule has 1 saturated carbocycles. The number of hydrogen-bond acceptors (Lipinski definition) is 3. The molecule has 2 aliphatic rings. The van der Waals surface area contributed by atoms with Gasteiger partial charge in [-0.1, -0.05) is 99.0 Å². The van der Waals surface area contributed by atoms with E-state index < -0.39 is 16.4 Å². The molecule has 1 fully saturated rings. The third-order valence-electron chi connectivity index (χ3n) is 7.48. The number of fused-ring (bicyclic) bond motifs is 1. The minimum Gasteiger partial charge on any atom is -0.255 e. The van der Waals surface area contributed by atoms with E-state index in [0.29, 0.717) is 6.42 Å². The van der Waals surface area contributed by atoms with Gasteiger partial charge in [0.15, 0.2) is 0 Å². The maximum atomic E-state index is 11.9. The highest BCUT2D eigenvalue weighted by molar-refractivity contribution is 7.84. The Bertz CT molecular complexity index is 1110. The Morgan fingerprint density at radius 2 is 1.73 bits per heavy atom. The number of allylic oxidation sites excluding steroid dienone is 3. The molecule has 0 spiro atoms. The van der Waals surface area contributed by atoms with Gasteiger partial charge in [0.25, 0.3) is 0 Å². The molecular weight excluding hydrogens is 430 g/mol. The van der Waals surface area contributed by atoms with E-state index in [1.165, 1.54) is 36.0 Å². The first kappa shape index (κ1) is 23.9. The lowest BCUT2D eigenvalue weighted by Crippen LogP contribution is -2.33. The minimum absolute atomic E-state index is 0.0000811. The van der Waals surface area contributed by atoms with E-state index in [1.54, 1.807) is 0 Å². The van der Waals surface area contributed by atoms with Gasteiger partial charge in [-0.3, -0.25) is 4.18 Å². The molecule has 0 bridgehead atoms. The highest BCUT2D eigenvalue weighted by Crippen LogP contribution is 2.66. The average molecular weight is 466 g/mol. The van der Waals surface area contributed by atoms with Gasteiger partial charge in [-0.2, -0.15) is 8.42 Å². The summed E-state index contributed by atoms with van der Waals surface area (Å²) in [6, 6.07) is 20.8. The molecule has 176 valence electrons. The molecule has 2 N–H and O–H groups in total. The van der Waals surface area contributed by atoms with Crippen LogP contribution in [-0.4, -0.2) is 14.5 Å². The minimum atomic E-state index is -4.04. The van der Waals surface area contributed by atoms with Crippen LogP contribution in [-0.2, 0) is 14.5 Å². The van der Waals surface area contributed by atoms with E-state index in [9.17, 15) is 8.42 Å². The third-order valence-corrected chi connectivity index (χ3v) is 8.00. The quantitative estimate of drug-likeness (QED) is 0.407. The fraction of sp³-hybridized carbons (Fsp3) is 0.429. The van der Waals surface area contributed by atoms with Gasteiger partial charge >= 0.3 is 10.3 Å². The Balaban J connectivity index is 1.83. The molecule has 0 aliphatic heterocycles. The fourth-order valence-corrected chi connectivity index (χ4v) is 6.72. The van der Waals surface area contributed by atoms with Crippen LogP contribution in [0.15, 0.2) is 72.8 Å². The molecule has 3 atom stereocenters. The summed E-state index contributed by atoms with van der Waals surface area (Å²) >= 11 is 0. The summed E-state index contributed by atoms with van der Waals surface area (Å²) in [6.45, 7) is 6.85. The maximum absolute atomic E-state index is 11.9. The Kier molecular flexibility index (Phi) is 7.22. The van der Waals surface area contributed by atoms with Crippen molar-refractivity contribution in [3.63, 3.8) is 0 Å². The summed E-state index contributed by atoms with van der Waals surface area (Å²) < 4.78 is 29.3. The molecule has 0 amide bonds. The molecular formula is C28H35NO3S. The van der Waals surface area contributed by atoms with Gasteiger partial charge in [-0.05, 0) is 54.4 Å². The molecule has 4 rings (SSSR count). The fourth-order valence-electron chi connectivity index (χ4n) is 6.14. The smallest absolute Gasteiger partial charge is 0.255 e. The van der Waals surface area contributed by atoms with Crippen LogP contribution < -0.4 is 5.14 Å². The molecule has 0 radical (unpaired) electrons. The number of nitrogens with two attached hydrogens (primary N) is 1. The zero-order valence-corrected chi connectivity index (χ0v) is 20.3. The summed E-state index contributed by atoms with van der Waals surface area (Å²) in [6.07, 6.45) is 7.63. The second kappa shape index (κ2) is 9.96. The number of benzene rings is 2. The average Bonchev–Trinajstić information content (AvgIpc) is 3.31. The van der Waals surface area contributed by atoms with Crippen LogP contribution in [0.25, 0.3) is 11.1 Å². The van der Waals surface area contributed by atoms with Crippen molar-refractivity contribution in [3.8, 4) is 0 Å². The van der Waals surface area contributed by atoms with Crippen LogP contribution in [0.1, 0.15) is 69.4 Å². The van der Waals surface area contributed by atoms with E-state index in [4.69, 9.17) is 9.32 Å². The van der Waals surface area contributed by atoms with Crippen LogP contribution in [0.4, 0.5) is 0 Å². The Morgan fingerprint density at radius 1 is 1.06 bits per heavy atom. The predicted octanol–water partition coefficient (Wildman–Crippen LogP) is 6.51. The number of rotatable bonds is 10. The summed E-state index contributed by atoms with van der Waals surface area (Å²) in [5, 5.41) is 5.34. The summed E-state index contributed by atoms with van der Waals surface area (Å²) in [5.41, 5.74) is 5.74. The van der Waals surface area contributed by atoms with E-state index in [0.717, 1.165) is 36.8 Å². The Morgan fingerprint density at radius 3 is 2.36 bits per heavy atom. The lowest BCUT2D eigenvalue weighted by Gasteiger charge is -2.37. The van der Waals surface area contributed by atoms with Gasteiger partial charge in [-0.15, -0.1) is 0 Å². The second-order valence-corrected chi connectivity index (χ2v) is 10.6. The number of unbranched alkanes of at least 4 members (excludes halogenated alkanes) is 3. The van der Waals surface area contributed by atoms with E-state index >= 15 is 0 Å². The van der Waals surface area contributed by atoms with Crippen LogP contribution >= 0.6 is 0 Å². The topological polar surface area (TPSA) is 69.4 Å². The standard InChI is InChI=1S/C28H35NO3S/c1-3-4-5-8-17-24-20-25-26(32-33(29,30)31)18-19-28(25,21(2)22-13-9-6-10-14-22)27(24)23-15-11-7-12-16-23/h6-7,9-16,25-26H,2-5,8,17-20H2,1H3,(H2,29,30,31)/t25-,26-,28-/m0/s1. The van der Waals surface area contributed by atoms with Crippen LogP contribution in [0.5, 0.6) is 0 Å². The highest BCUT2D eigenvalue weighted by atomic mass is 32.2. The molecule has 33 heavy (non-hydrogen) atoms. The van der Waals surface area contributed by atoms with Crippen LogP contribution in [0.3, 0.4) is 0 Å². The van der Waals surface area contributed by atoms with Crippen LogP contribution in [0.2, 0.25) is 0 Å². The molecule has 4 nitrogen and oxygen atoms in total. The zero-order valence-electron chi connectivity index (χ0n) is 19.5. The normalized spacial score (nSPS) is 24.8. The van der Waals surface area contributed by atoms with Crippen molar-refractivity contribution in [2.45, 2.75) is 64.4 Å². The lowest BCUT2D eigenvalue weighted by molar-refractivity contribution is 0.151. The Hall–Kier alpha value is -2.21. The molecule has 5 heteroatoms. The monoisotopic (exact) mass is 465 g/mol. The second-order valence-electron chi connectivity index (χ2n) is 9.45. The lowest BCUT2D eigenvalue weighted by atomic mass is 9.66. The first-order chi connectivity index (χ1) is 15.9. The molecule has 0 unspecified atom stereocenters. The SMILES string of the molecule is C=C(c1ccccc1)[C@@]12CC[C@H](OS(N)(=O)=O)[C@@H]1CC(CCCCCC)=C2c1ccccc1. The number of hydrogen-bond donors (Lipinski definition) is 1. The van der Waals surface area contributed by atoms with Crippen molar-refractivity contribution in [1.29, 1.82) is 0 Å². The third kappa shape index (κ3) is 4.86. The Labute approximate surface area is 198 Å². The maximum Gasteiger partial charge on any atom is 0.333 e. The van der Waals surface area contributed by atoms with E-state index in [-0.39, 0.29) is 11.3 Å². The van der Waals surface area contributed by atoms with Crippen molar-refractivity contribution < 1.29 is 12.6 Å². The molecule has 0 saturated heterocycles.